The Hall–Kier alpha value is -1.35. The van der Waals surface area contributed by atoms with Gasteiger partial charge in [0.1, 0.15) is 12.4 Å². The van der Waals surface area contributed by atoms with Crippen LogP contribution < -0.4 is 9.82 Å². The zero-order valence-corrected chi connectivity index (χ0v) is 9.09. The largest absolute Gasteiger partial charge is 0.691 e. The zero-order valence-electron chi connectivity index (χ0n) is 8.27. The summed E-state index contributed by atoms with van der Waals surface area (Å²) < 4.78 is 12.2. The summed E-state index contributed by atoms with van der Waals surface area (Å²) in [6.45, 7) is 3.37. The van der Waals surface area contributed by atoms with E-state index in [9.17, 15) is 10.1 Å². The first-order valence-corrected chi connectivity index (χ1v) is 5.09. The zero-order chi connectivity index (χ0) is 11.8. The minimum Gasteiger partial charge on any atom is -0.691 e. The molecule has 0 atom stereocenters. The van der Waals surface area contributed by atoms with Gasteiger partial charge in [-0.1, -0.05) is 14.0 Å². The van der Waals surface area contributed by atoms with Gasteiger partial charge in [0.25, 0.3) is 0 Å². The number of carbonyl (C=O) groups excluding carboxylic acids is 1. The molecule has 0 aromatic carbocycles. The van der Waals surface area contributed by atoms with Crippen molar-refractivity contribution >= 4 is 18.0 Å². The van der Waals surface area contributed by atoms with Crippen LogP contribution in [0.15, 0.2) is 31.4 Å². The number of hydrogen-bond donors (Lipinski definition) is 0. The maximum absolute atomic E-state index is 10.8. The Balaban J connectivity index is 0.00000256. The van der Waals surface area contributed by atoms with Gasteiger partial charge in [0.2, 0.25) is 13.1 Å². The quantitative estimate of drug-likeness (QED) is 0.130. The van der Waals surface area contributed by atoms with E-state index in [1.807, 2.05) is 0 Å². The van der Waals surface area contributed by atoms with Crippen molar-refractivity contribution in [1.29, 1.82) is 0 Å². The van der Waals surface area contributed by atoms with E-state index >= 15 is 0 Å². The van der Waals surface area contributed by atoms with Gasteiger partial charge in [0, 0.05) is 6.08 Å². The molecule has 1 aromatic heterocycles. The van der Waals surface area contributed by atoms with E-state index in [4.69, 9.17) is 4.74 Å². The summed E-state index contributed by atoms with van der Waals surface area (Å²) in [5.74, 6) is -0.109. The maximum Gasteiger partial charge on any atom is 0.333 e. The molecule has 96 valence electrons. The second kappa shape index (κ2) is 8.76. The highest BCUT2D eigenvalue weighted by Gasteiger charge is 2.05. The van der Waals surface area contributed by atoms with Gasteiger partial charge in [-0.05, 0) is 0 Å². The molecule has 0 spiro atoms. The van der Waals surface area contributed by atoms with Crippen LogP contribution >= 0.6 is 12.0 Å². The molecule has 0 saturated heterocycles. The van der Waals surface area contributed by atoms with Crippen molar-refractivity contribution in [3.63, 3.8) is 0 Å². The third kappa shape index (κ3) is 6.07. The van der Waals surface area contributed by atoms with Crippen LogP contribution in [-0.4, -0.2) is 10.5 Å². The average molecular weight is 262 g/mol. The molecular formula is C9H14N2O5S. The summed E-state index contributed by atoms with van der Waals surface area (Å²) in [4.78, 5) is 10.8. The van der Waals surface area contributed by atoms with Gasteiger partial charge in [0.15, 0.2) is 5.88 Å². The van der Waals surface area contributed by atoms with E-state index in [1.165, 1.54) is 0 Å². The molecule has 0 N–H and O–H groups in total. The molecule has 0 unspecified atom stereocenters. The summed E-state index contributed by atoms with van der Waals surface area (Å²) in [5.41, 5.74) is 0. The van der Waals surface area contributed by atoms with Gasteiger partial charge >= 0.3 is 5.97 Å². The maximum atomic E-state index is 10.8. The molecule has 0 aliphatic carbocycles. The Bertz CT molecular complexity index is 355. The summed E-state index contributed by atoms with van der Waals surface area (Å²) in [7, 11) is 0. The predicted octanol–water partition coefficient (Wildman–Crippen LogP) is -0.0724. The van der Waals surface area contributed by atoms with Crippen LogP contribution in [0.1, 0.15) is 7.43 Å². The number of imidazole rings is 1. The first-order valence-electron chi connectivity index (χ1n) is 4.18. The van der Waals surface area contributed by atoms with Crippen LogP contribution in [0.3, 0.4) is 0 Å². The molecule has 0 bridgehead atoms. The van der Waals surface area contributed by atoms with E-state index < -0.39 is 5.97 Å². The molecule has 0 fully saturated rings. The van der Waals surface area contributed by atoms with E-state index in [0.717, 1.165) is 18.1 Å². The first kappa shape index (κ1) is 15.7. The number of rotatable bonds is 7. The number of ether oxygens (including phenoxy) is 1. The van der Waals surface area contributed by atoms with E-state index in [0.29, 0.717) is 5.88 Å². The molecule has 1 rings (SSSR count). The number of aromatic nitrogens is 2. The molecule has 0 aliphatic rings. The molecular weight excluding hydrogens is 248 g/mol. The molecule has 1 aromatic rings. The minimum atomic E-state index is -0.488. The molecule has 0 amide bonds. The van der Waals surface area contributed by atoms with Gasteiger partial charge in [-0.15, -0.1) is 0 Å². The third-order valence-corrected chi connectivity index (χ3v) is 2.10. The van der Waals surface area contributed by atoms with Crippen molar-refractivity contribution in [2.75, 3.05) is 0 Å². The normalized spacial score (nSPS) is 9.47. The van der Waals surface area contributed by atoms with Crippen molar-refractivity contribution in [2.45, 2.75) is 20.0 Å². The van der Waals surface area contributed by atoms with Crippen molar-refractivity contribution in [1.82, 2.24) is 4.57 Å². The molecule has 0 radical (unpaired) electrons. The van der Waals surface area contributed by atoms with Crippen LogP contribution in [0.2, 0.25) is 0 Å². The number of carbonyl (C=O) groups is 1. The van der Waals surface area contributed by atoms with Crippen LogP contribution in [0, 0.1) is 0 Å². The first-order chi connectivity index (χ1) is 7.76. The average Bonchev–Trinajstić information content (AvgIpc) is 2.74. The van der Waals surface area contributed by atoms with Crippen molar-refractivity contribution < 1.29 is 28.7 Å². The third-order valence-electron chi connectivity index (χ3n) is 1.55. The summed E-state index contributed by atoms with van der Waals surface area (Å²) in [6, 6.07) is 0. The van der Waals surface area contributed by atoms with Crippen molar-refractivity contribution in [3.05, 3.63) is 31.4 Å². The lowest BCUT2D eigenvalue weighted by molar-refractivity contribution is -0.778. The molecule has 8 heteroatoms. The Kier molecular flexibility index (Phi) is 8.07. The highest BCUT2D eigenvalue weighted by Crippen LogP contribution is 2.00. The highest BCUT2D eigenvalue weighted by molar-refractivity contribution is 7.93. The Labute approximate surface area is 103 Å². The number of esters is 1. The second-order valence-electron chi connectivity index (χ2n) is 2.62. The highest BCUT2D eigenvalue weighted by atomic mass is 32.2. The van der Waals surface area contributed by atoms with Gasteiger partial charge < -0.3 is 9.99 Å². The lowest BCUT2D eigenvalue weighted by Crippen LogP contribution is -2.29. The van der Waals surface area contributed by atoms with Gasteiger partial charge in [-0.2, -0.15) is 4.33 Å². The van der Waals surface area contributed by atoms with Crippen LogP contribution in [0.4, 0.5) is 0 Å². The predicted molar refractivity (Wildman–Crippen MR) is 57.4 cm³/mol. The van der Waals surface area contributed by atoms with E-state index in [-0.39, 0.29) is 14.2 Å². The lowest BCUT2D eigenvalue weighted by Gasteiger charge is -2.01. The number of nitrogens with zero attached hydrogens (tertiary/aromatic N) is 2. The minimum absolute atomic E-state index is 0. The van der Waals surface area contributed by atoms with Crippen LogP contribution in [-0.2, 0) is 31.5 Å². The fourth-order valence-corrected chi connectivity index (χ4v) is 1.25. The molecule has 17 heavy (non-hydrogen) atoms. The van der Waals surface area contributed by atoms with Crippen molar-refractivity contribution in [2.24, 2.45) is 0 Å². The molecule has 7 nitrogen and oxygen atoms in total. The Morgan fingerprint density at radius 1 is 1.65 bits per heavy atom. The lowest BCUT2D eigenvalue weighted by atomic mass is 10.7. The smallest absolute Gasteiger partial charge is 0.333 e. The molecule has 0 aliphatic heterocycles. The Morgan fingerprint density at radius 3 is 3.06 bits per heavy atom. The fraction of sp³-hybridized carbons (Fsp3) is 0.333. The standard InChI is InChI=1S/C8H10N2O5S.CH4/c1-2-8(11)13-6-9-3-4-10(5-9)7-16-15-14-12;/h2-5H,1,6-7H2;1H4. The molecule has 1 heterocycles. The second-order valence-corrected chi connectivity index (χ2v) is 3.25. The van der Waals surface area contributed by atoms with Gasteiger partial charge in [0.05, 0.1) is 12.0 Å². The Morgan fingerprint density at radius 2 is 2.41 bits per heavy atom. The van der Waals surface area contributed by atoms with E-state index in [2.05, 4.69) is 16.0 Å². The van der Waals surface area contributed by atoms with Gasteiger partial charge in [-0.25, -0.2) is 13.9 Å². The molecule has 0 saturated carbocycles. The van der Waals surface area contributed by atoms with Crippen LogP contribution in [0.25, 0.3) is 0 Å². The SMILES string of the molecule is C.C=CC(=O)OCn1cc[n+](CSOO[O-])c1. The monoisotopic (exact) mass is 262 g/mol. The van der Waals surface area contributed by atoms with Gasteiger partial charge in [-0.3, -0.25) is 5.04 Å². The topological polar surface area (TPSA) is 76.6 Å². The summed E-state index contributed by atoms with van der Waals surface area (Å²) >= 11 is 0.840. The fourth-order valence-electron chi connectivity index (χ4n) is 0.891. The summed E-state index contributed by atoms with van der Waals surface area (Å²) in [5, 5.41) is 12.7. The van der Waals surface area contributed by atoms with E-state index in [1.54, 1.807) is 27.9 Å². The number of hydrogen-bond acceptors (Lipinski definition) is 6. The van der Waals surface area contributed by atoms with Crippen molar-refractivity contribution in [3.8, 4) is 0 Å². The van der Waals surface area contributed by atoms with Crippen LogP contribution in [0.5, 0.6) is 0 Å². The summed E-state index contributed by atoms with van der Waals surface area (Å²) in [6.07, 6.45) is 6.20.